The molecular formula is C17H29BrO3. The minimum absolute atomic E-state index is 0.166. The second-order valence-electron chi connectivity index (χ2n) is 5.87. The van der Waals surface area contributed by atoms with E-state index < -0.39 is 0 Å². The van der Waals surface area contributed by atoms with Crippen molar-refractivity contribution in [2.24, 2.45) is 0 Å². The highest BCUT2D eigenvalue weighted by Gasteiger charge is 2.18. The zero-order chi connectivity index (χ0) is 16.3. The molecule has 0 saturated carbocycles. The molecule has 0 atom stereocenters. The first kappa shape index (κ1) is 20.2. The average Bonchev–Trinajstić information content (AvgIpc) is 2.34. The van der Waals surface area contributed by atoms with Crippen molar-refractivity contribution in [3.05, 3.63) is 24.5 Å². The van der Waals surface area contributed by atoms with Crippen molar-refractivity contribution in [1.82, 2.24) is 0 Å². The van der Waals surface area contributed by atoms with Gasteiger partial charge >= 0.3 is 5.97 Å². The normalized spacial score (nSPS) is 11.0. The van der Waals surface area contributed by atoms with E-state index in [1.165, 1.54) is 0 Å². The van der Waals surface area contributed by atoms with Crippen molar-refractivity contribution in [2.75, 3.05) is 13.2 Å². The lowest BCUT2D eigenvalue weighted by Gasteiger charge is -2.20. The second-order valence-corrected chi connectivity index (χ2v) is 7.85. The Hall–Kier alpha value is -0.770. The van der Waals surface area contributed by atoms with Gasteiger partial charge in [0, 0.05) is 0 Å². The molecule has 3 nitrogen and oxygen atoms in total. The van der Waals surface area contributed by atoms with E-state index >= 15 is 0 Å². The molecule has 0 bridgehead atoms. The van der Waals surface area contributed by atoms with Gasteiger partial charge in [0.1, 0.15) is 5.76 Å². The molecule has 0 radical (unpaired) electrons. The summed E-state index contributed by atoms with van der Waals surface area (Å²) in [5.41, 5.74) is 0.841. The molecule has 0 N–H and O–H groups in total. The van der Waals surface area contributed by atoms with Gasteiger partial charge in [0.2, 0.25) is 0 Å². The summed E-state index contributed by atoms with van der Waals surface area (Å²) >= 11 is 3.51. The highest BCUT2D eigenvalue weighted by molar-refractivity contribution is 9.10. The highest BCUT2D eigenvalue weighted by Crippen LogP contribution is 2.25. The number of ether oxygens (including phenoxy) is 2. The molecule has 0 saturated heterocycles. The molecule has 122 valence electrons. The number of rotatable bonds is 12. The lowest BCUT2D eigenvalue weighted by molar-refractivity contribution is -0.142. The summed E-state index contributed by atoms with van der Waals surface area (Å²) in [5.74, 6) is 0.596. The fourth-order valence-corrected chi connectivity index (χ4v) is 1.70. The van der Waals surface area contributed by atoms with Crippen molar-refractivity contribution in [3.63, 3.8) is 0 Å². The van der Waals surface area contributed by atoms with Crippen LogP contribution in [0, 0.1) is 0 Å². The third kappa shape index (κ3) is 12.7. The molecular weight excluding hydrogens is 332 g/mol. The van der Waals surface area contributed by atoms with Crippen LogP contribution in [-0.2, 0) is 14.3 Å². The van der Waals surface area contributed by atoms with Crippen molar-refractivity contribution in [1.29, 1.82) is 0 Å². The second kappa shape index (κ2) is 10.9. The largest absolute Gasteiger partial charge is 0.497 e. The van der Waals surface area contributed by atoms with Crippen LogP contribution in [0.2, 0.25) is 0 Å². The summed E-state index contributed by atoms with van der Waals surface area (Å²) in [6.07, 6.45) is 5.60. The van der Waals surface area contributed by atoms with Gasteiger partial charge in [-0.1, -0.05) is 53.9 Å². The Morgan fingerprint density at radius 1 is 1.00 bits per heavy atom. The number of esters is 1. The zero-order valence-corrected chi connectivity index (χ0v) is 15.3. The van der Waals surface area contributed by atoms with E-state index in [9.17, 15) is 4.79 Å². The number of hydrogen-bond acceptors (Lipinski definition) is 3. The van der Waals surface area contributed by atoms with E-state index in [0.29, 0.717) is 19.6 Å². The molecule has 0 unspecified atom stereocenters. The molecule has 0 amide bonds. The number of unbranched alkanes of at least 4 members (excludes halogenated alkanes) is 4. The molecule has 0 aliphatic rings. The number of carbonyl (C=O) groups excluding carboxylic acids is 1. The maximum atomic E-state index is 11.3. The lowest BCUT2D eigenvalue weighted by atomic mass is 10.1. The Bertz CT molecular complexity index is 342. The van der Waals surface area contributed by atoms with Crippen molar-refractivity contribution in [2.45, 2.75) is 63.6 Å². The number of alkyl halides is 1. The fraction of sp³-hybridized carbons (Fsp3) is 0.706. The van der Waals surface area contributed by atoms with Crippen molar-refractivity contribution in [3.8, 4) is 0 Å². The quantitative estimate of drug-likeness (QED) is 0.159. The zero-order valence-electron chi connectivity index (χ0n) is 13.7. The standard InChI is InChI=1S/C17H29BrO3/c1-14(2)13-16(19)21-12-10-8-6-7-9-11-20-15(3)17(4,5)18/h1,3,6-13H2,2,4-5H3. The van der Waals surface area contributed by atoms with Crippen LogP contribution in [0.15, 0.2) is 24.5 Å². The first-order valence-corrected chi connectivity index (χ1v) is 8.34. The van der Waals surface area contributed by atoms with Crippen LogP contribution in [0.1, 0.15) is 59.3 Å². The van der Waals surface area contributed by atoms with Crippen molar-refractivity contribution < 1.29 is 14.3 Å². The first-order chi connectivity index (χ1) is 9.73. The van der Waals surface area contributed by atoms with E-state index in [1.54, 1.807) is 0 Å². The Kier molecular flexibility index (Phi) is 10.5. The summed E-state index contributed by atoms with van der Waals surface area (Å²) in [6.45, 7) is 14.7. The number of allylic oxidation sites excluding steroid dienone is 1. The summed E-state index contributed by atoms with van der Waals surface area (Å²) in [6, 6.07) is 0. The Morgan fingerprint density at radius 3 is 1.95 bits per heavy atom. The lowest BCUT2D eigenvalue weighted by Crippen LogP contribution is -2.15. The van der Waals surface area contributed by atoms with Crippen LogP contribution >= 0.6 is 15.9 Å². The van der Waals surface area contributed by atoms with Gasteiger partial charge in [-0.2, -0.15) is 0 Å². The van der Waals surface area contributed by atoms with Crippen LogP contribution in [-0.4, -0.2) is 23.5 Å². The van der Waals surface area contributed by atoms with E-state index in [1.807, 2.05) is 20.8 Å². The summed E-state index contributed by atoms with van der Waals surface area (Å²) in [7, 11) is 0. The minimum atomic E-state index is -0.174. The first-order valence-electron chi connectivity index (χ1n) is 7.54. The predicted octanol–water partition coefficient (Wildman–Crippen LogP) is 5.15. The van der Waals surface area contributed by atoms with E-state index in [2.05, 4.69) is 29.1 Å². The number of carbonyl (C=O) groups is 1. The Balaban J connectivity index is 3.36. The van der Waals surface area contributed by atoms with Gasteiger partial charge in [0.25, 0.3) is 0 Å². The molecule has 0 heterocycles. The number of hydrogen-bond donors (Lipinski definition) is 0. The fourth-order valence-electron chi connectivity index (χ4n) is 1.58. The van der Waals surface area contributed by atoms with Gasteiger partial charge < -0.3 is 9.47 Å². The van der Waals surface area contributed by atoms with Crippen LogP contribution in [0.25, 0.3) is 0 Å². The predicted molar refractivity (Wildman–Crippen MR) is 91.6 cm³/mol. The third-order valence-electron chi connectivity index (χ3n) is 2.94. The van der Waals surface area contributed by atoms with Gasteiger partial charge in [0.15, 0.2) is 0 Å². The summed E-state index contributed by atoms with van der Waals surface area (Å²) < 4.78 is 10.5. The molecule has 0 aliphatic carbocycles. The minimum Gasteiger partial charge on any atom is -0.497 e. The molecule has 0 aromatic rings. The van der Waals surface area contributed by atoms with Gasteiger partial charge in [0.05, 0.1) is 24.0 Å². The van der Waals surface area contributed by atoms with Crippen LogP contribution in [0.4, 0.5) is 0 Å². The maximum Gasteiger partial charge on any atom is 0.309 e. The van der Waals surface area contributed by atoms with Gasteiger partial charge in [-0.15, -0.1) is 0 Å². The molecule has 0 aromatic heterocycles. The van der Waals surface area contributed by atoms with Gasteiger partial charge in [-0.25, -0.2) is 0 Å². The molecule has 21 heavy (non-hydrogen) atoms. The molecule has 0 spiro atoms. The van der Waals surface area contributed by atoms with E-state index in [0.717, 1.165) is 43.4 Å². The Morgan fingerprint density at radius 2 is 1.48 bits per heavy atom. The SMILES string of the molecule is C=C(C)CC(=O)OCCCCCCCOC(=C)C(C)(C)Br. The average molecular weight is 361 g/mol. The summed E-state index contributed by atoms with van der Waals surface area (Å²) in [5, 5.41) is 0. The Labute approximate surface area is 137 Å². The summed E-state index contributed by atoms with van der Waals surface area (Å²) in [4.78, 5) is 11.3. The van der Waals surface area contributed by atoms with Crippen molar-refractivity contribution >= 4 is 21.9 Å². The molecule has 0 rings (SSSR count). The van der Waals surface area contributed by atoms with E-state index in [-0.39, 0.29) is 10.3 Å². The smallest absolute Gasteiger partial charge is 0.309 e. The topological polar surface area (TPSA) is 35.5 Å². The third-order valence-corrected chi connectivity index (χ3v) is 3.38. The van der Waals surface area contributed by atoms with Crippen LogP contribution in [0.3, 0.4) is 0 Å². The molecule has 0 fully saturated rings. The van der Waals surface area contributed by atoms with Gasteiger partial charge in [-0.3, -0.25) is 4.79 Å². The molecule has 4 heteroatoms. The highest BCUT2D eigenvalue weighted by atomic mass is 79.9. The van der Waals surface area contributed by atoms with Crippen LogP contribution in [0.5, 0.6) is 0 Å². The molecule has 0 aromatic carbocycles. The van der Waals surface area contributed by atoms with Gasteiger partial charge in [-0.05, 0) is 33.6 Å². The number of halogens is 1. The monoisotopic (exact) mass is 360 g/mol. The maximum absolute atomic E-state index is 11.3. The van der Waals surface area contributed by atoms with E-state index in [4.69, 9.17) is 9.47 Å². The molecule has 0 aliphatic heterocycles. The van der Waals surface area contributed by atoms with Crippen LogP contribution < -0.4 is 0 Å².